The Labute approximate surface area is 119 Å². The normalized spacial score (nSPS) is 14.1. The van der Waals surface area contributed by atoms with Crippen LogP contribution in [-0.2, 0) is 6.42 Å². The average Bonchev–Trinajstić information content (AvgIpc) is 3.30. The molecule has 1 saturated carbocycles. The fourth-order valence-electron chi connectivity index (χ4n) is 2.00. The fraction of sp³-hybridized carbons (Fsp3) is 0.400. The molecule has 0 radical (unpaired) electrons. The molecule has 1 fully saturated rings. The number of hydrogen-bond acceptors (Lipinski definition) is 5. The van der Waals surface area contributed by atoms with Crippen molar-refractivity contribution in [3.63, 3.8) is 0 Å². The number of nitrogens with zero attached hydrogens (tertiary/aromatic N) is 4. The minimum atomic E-state index is 0.576. The molecule has 2 heterocycles. The van der Waals surface area contributed by atoms with Crippen molar-refractivity contribution in [2.24, 2.45) is 0 Å². The Morgan fingerprint density at radius 3 is 2.75 bits per heavy atom. The smallest absolute Gasteiger partial charge is 0.224 e. The lowest BCUT2D eigenvalue weighted by Gasteiger charge is -2.18. The van der Waals surface area contributed by atoms with Crippen LogP contribution in [0.2, 0.25) is 0 Å². The van der Waals surface area contributed by atoms with Gasteiger partial charge in [-0.1, -0.05) is 0 Å². The van der Waals surface area contributed by atoms with Gasteiger partial charge < -0.3 is 10.2 Å². The Bertz CT molecular complexity index is 553. The minimum Gasteiger partial charge on any atom is -0.359 e. The molecule has 0 amide bonds. The zero-order valence-electron chi connectivity index (χ0n) is 11.7. The number of likely N-dealkylation sites (N-methyl/N-ethyl adjacent to an activating group) is 1. The van der Waals surface area contributed by atoms with Crippen LogP contribution in [0, 0.1) is 0 Å². The molecule has 1 aliphatic rings. The molecule has 3 rings (SSSR count). The molecule has 0 saturated heterocycles. The molecule has 1 N–H and O–H groups in total. The van der Waals surface area contributed by atoms with E-state index in [1.54, 1.807) is 0 Å². The number of nitrogens with one attached hydrogen (secondary N) is 1. The van der Waals surface area contributed by atoms with Crippen molar-refractivity contribution in [1.29, 1.82) is 0 Å². The standard InChI is InChI=1S/C15H19N5/c1-20(11-7-12-4-8-16-9-5-12)14-6-10-17-15(19-14)18-13-2-3-13/h4-6,8-10,13H,2-3,7,11H2,1H3,(H,17,18,19). The first-order valence-corrected chi connectivity index (χ1v) is 7.01. The summed E-state index contributed by atoms with van der Waals surface area (Å²) in [4.78, 5) is 15.0. The number of aromatic nitrogens is 3. The zero-order valence-corrected chi connectivity index (χ0v) is 11.7. The number of pyridine rings is 1. The number of rotatable bonds is 6. The maximum Gasteiger partial charge on any atom is 0.224 e. The third-order valence-electron chi connectivity index (χ3n) is 3.43. The van der Waals surface area contributed by atoms with Crippen molar-refractivity contribution in [2.45, 2.75) is 25.3 Å². The molecule has 0 spiro atoms. The highest BCUT2D eigenvalue weighted by Gasteiger charge is 2.21. The predicted octanol–water partition coefficient (Wildman–Crippen LogP) is 2.12. The SMILES string of the molecule is CN(CCc1ccncc1)c1ccnc(NC2CC2)n1. The number of anilines is 2. The van der Waals surface area contributed by atoms with Gasteiger partial charge in [0.15, 0.2) is 0 Å². The summed E-state index contributed by atoms with van der Waals surface area (Å²) in [7, 11) is 2.06. The van der Waals surface area contributed by atoms with Crippen LogP contribution in [0.5, 0.6) is 0 Å². The molecule has 5 nitrogen and oxygen atoms in total. The van der Waals surface area contributed by atoms with E-state index in [9.17, 15) is 0 Å². The Balaban J connectivity index is 1.59. The molecule has 2 aromatic heterocycles. The van der Waals surface area contributed by atoms with Crippen LogP contribution in [0.25, 0.3) is 0 Å². The van der Waals surface area contributed by atoms with Crippen LogP contribution >= 0.6 is 0 Å². The first kappa shape index (κ1) is 12.8. The van der Waals surface area contributed by atoms with E-state index in [0.29, 0.717) is 6.04 Å². The van der Waals surface area contributed by atoms with Gasteiger partial charge in [0, 0.05) is 38.2 Å². The van der Waals surface area contributed by atoms with Gasteiger partial charge in [-0.05, 0) is 43.0 Å². The lowest BCUT2D eigenvalue weighted by Crippen LogP contribution is -2.22. The molecular weight excluding hydrogens is 250 g/mol. The Kier molecular flexibility index (Phi) is 3.76. The Morgan fingerprint density at radius 1 is 1.20 bits per heavy atom. The highest BCUT2D eigenvalue weighted by Crippen LogP contribution is 2.23. The van der Waals surface area contributed by atoms with E-state index in [1.165, 1.54) is 18.4 Å². The Morgan fingerprint density at radius 2 is 2.00 bits per heavy atom. The van der Waals surface area contributed by atoms with Crippen LogP contribution < -0.4 is 10.2 Å². The van der Waals surface area contributed by atoms with Crippen molar-refractivity contribution in [3.8, 4) is 0 Å². The Hall–Kier alpha value is -2.17. The first-order chi connectivity index (χ1) is 9.81. The first-order valence-electron chi connectivity index (χ1n) is 7.01. The van der Waals surface area contributed by atoms with Crippen LogP contribution in [0.1, 0.15) is 18.4 Å². The lowest BCUT2D eigenvalue weighted by molar-refractivity contribution is 0.853. The summed E-state index contributed by atoms with van der Waals surface area (Å²) in [6, 6.07) is 6.62. The van der Waals surface area contributed by atoms with Gasteiger partial charge in [-0.3, -0.25) is 4.98 Å². The van der Waals surface area contributed by atoms with E-state index in [-0.39, 0.29) is 0 Å². The summed E-state index contributed by atoms with van der Waals surface area (Å²) in [6.07, 6.45) is 8.91. The molecule has 0 aromatic carbocycles. The van der Waals surface area contributed by atoms with Gasteiger partial charge >= 0.3 is 0 Å². The van der Waals surface area contributed by atoms with E-state index in [4.69, 9.17) is 0 Å². The van der Waals surface area contributed by atoms with E-state index in [1.807, 2.05) is 36.8 Å². The third-order valence-corrected chi connectivity index (χ3v) is 3.43. The maximum absolute atomic E-state index is 4.56. The molecule has 2 aromatic rings. The molecular formula is C15H19N5. The molecule has 0 aliphatic heterocycles. The summed E-state index contributed by atoms with van der Waals surface area (Å²) in [5.74, 6) is 1.69. The van der Waals surface area contributed by atoms with Gasteiger partial charge in [-0.15, -0.1) is 0 Å². The van der Waals surface area contributed by atoms with Crippen molar-refractivity contribution in [3.05, 3.63) is 42.4 Å². The van der Waals surface area contributed by atoms with Gasteiger partial charge in [-0.25, -0.2) is 4.98 Å². The van der Waals surface area contributed by atoms with E-state index < -0.39 is 0 Å². The second-order valence-corrected chi connectivity index (χ2v) is 5.18. The second-order valence-electron chi connectivity index (χ2n) is 5.18. The van der Waals surface area contributed by atoms with Crippen LogP contribution in [0.4, 0.5) is 11.8 Å². The summed E-state index contributed by atoms with van der Waals surface area (Å²) >= 11 is 0. The second kappa shape index (κ2) is 5.86. The molecule has 20 heavy (non-hydrogen) atoms. The molecule has 5 heteroatoms. The van der Waals surface area contributed by atoms with Crippen LogP contribution in [0.3, 0.4) is 0 Å². The van der Waals surface area contributed by atoms with Gasteiger partial charge in [0.05, 0.1) is 0 Å². The topological polar surface area (TPSA) is 53.9 Å². The van der Waals surface area contributed by atoms with Crippen LogP contribution in [-0.4, -0.2) is 34.6 Å². The zero-order chi connectivity index (χ0) is 13.8. The molecule has 1 aliphatic carbocycles. The predicted molar refractivity (Wildman–Crippen MR) is 79.9 cm³/mol. The van der Waals surface area contributed by atoms with Crippen LogP contribution in [0.15, 0.2) is 36.8 Å². The fourth-order valence-corrected chi connectivity index (χ4v) is 2.00. The van der Waals surface area contributed by atoms with Gasteiger partial charge in [0.1, 0.15) is 5.82 Å². The summed E-state index contributed by atoms with van der Waals surface area (Å²) < 4.78 is 0. The summed E-state index contributed by atoms with van der Waals surface area (Å²) in [5.41, 5.74) is 1.29. The lowest BCUT2D eigenvalue weighted by atomic mass is 10.2. The van der Waals surface area contributed by atoms with Gasteiger partial charge in [0.2, 0.25) is 5.95 Å². The van der Waals surface area contributed by atoms with E-state index in [2.05, 4.69) is 32.2 Å². The minimum absolute atomic E-state index is 0.576. The van der Waals surface area contributed by atoms with Crippen molar-refractivity contribution in [2.75, 3.05) is 23.8 Å². The highest BCUT2D eigenvalue weighted by molar-refractivity contribution is 5.42. The van der Waals surface area contributed by atoms with Gasteiger partial charge in [-0.2, -0.15) is 4.98 Å². The largest absolute Gasteiger partial charge is 0.359 e. The van der Waals surface area contributed by atoms with E-state index in [0.717, 1.165) is 24.7 Å². The van der Waals surface area contributed by atoms with Crippen molar-refractivity contribution >= 4 is 11.8 Å². The van der Waals surface area contributed by atoms with E-state index >= 15 is 0 Å². The summed E-state index contributed by atoms with van der Waals surface area (Å²) in [6.45, 7) is 0.921. The molecule has 0 bridgehead atoms. The van der Waals surface area contributed by atoms with Crippen molar-refractivity contribution < 1.29 is 0 Å². The number of hydrogen-bond donors (Lipinski definition) is 1. The van der Waals surface area contributed by atoms with Gasteiger partial charge in [0.25, 0.3) is 0 Å². The highest BCUT2D eigenvalue weighted by atomic mass is 15.2. The quantitative estimate of drug-likeness (QED) is 0.870. The molecule has 0 unspecified atom stereocenters. The monoisotopic (exact) mass is 269 g/mol. The molecule has 104 valence electrons. The average molecular weight is 269 g/mol. The summed E-state index contributed by atoms with van der Waals surface area (Å²) in [5, 5.41) is 3.33. The third kappa shape index (κ3) is 3.44. The maximum atomic E-state index is 4.56. The van der Waals surface area contributed by atoms with Crippen molar-refractivity contribution in [1.82, 2.24) is 15.0 Å². The molecule has 0 atom stereocenters.